The van der Waals surface area contributed by atoms with Crippen LogP contribution in [-0.4, -0.2) is 26.0 Å². The van der Waals surface area contributed by atoms with Crippen LogP contribution in [0.25, 0.3) is 0 Å². The fourth-order valence-corrected chi connectivity index (χ4v) is 2.65. The Bertz CT molecular complexity index is 705. The molecule has 1 unspecified atom stereocenters. The number of nitrogens with one attached hydrogen (secondary N) is 1. The minimum atomic E-state index is -1.11. The topological polar surface area (TPSA) is 118 Å². The molecule has 0 spiro atoms. The summed E-state index contributed by atoms with van der Waals surface area (Å²) in [5, 5.41) is 24.6. The normalized spacial score (nSPS) is 11.9. The van der Waals surface area contributed by atoms with Gasteiger partial charge in [-0.1, -0.05) is 0 Å². The summed E-state index contributed by atoms with van der Waals surface area (Å²) in [4.78, 5) is 29.2. The van der Waals surface area contributed by atoms with Crippen LogP contribution >= 0.6 is 27.3 Å². The fourth-order valence-electron chi connectivity index (χ4n) is 1.53. The van der Waals surface area contributed by atoms with Gasteiger partial charge >= 0.3 is 11.7 Å². The van der Waals surface area contributed by atoms with Crippen LogP contribution in [-0.2, 0) is 0 Å². The van der Waals surface area contributed by atoms with Crippen molar-refractivity contribution in [3.8, 4) is 0 Å². The molecule has 2 aromatic rings. The van der Waals surface area contributed by atoms with Gasteiger partial charge in [0.25, 0.3) is 0 Å². The maximum absolute atomic E-state index is 11.0. The van der Waals surface area contributed by atoms with Gasteiger partial charge in [0.2, 0.25) is 5.82 Å². The van der Waals surface area contributed by atoms with Crippen molar-refractivity contribution in [3.05, 3.63) is 42.9 Å². The van der Waals surface area contributed by atoms with Crippen molar-refractivity contribution >= 4 is 44.7 Å². The van der Waals surface area contributed by atoms with Crippen molar-refractivity contribution < 1.29 is 14.8 Å². The highest BCUT2D eigenvalue weighted by Crippen LogP contribution is 2.29. The Morgan fingerprint density at radius 2 is 2.33 bits per heavy atom. The number of thiazole rings is 1. The number of anilines is 1. The predicted molar refractivity (Wildman–Crippen MR) is 79.7 cm³/mol. The number of aromatic nitrogens is 2. The standard InChI is InChI=1S/C11H9BrN4O4S/c1-5(10-15-7(4-21-10)11(17)18)14-9-8(16(19)20)2-6(12)3-13-9/h2-5H,1H3,(H,13,14)(H,17,18). The fraction of sp³-hybridized carbons (Fsp3) is 0.182. The van der Waals surface area contributed by atoms with Gasteiger partial charge < -0.3 is 10.4 Å². The Morgan fingerprint density at radius 3 is 2.90 bits per heavy atom. The highest BCUT2D eigenvalue weighted by atomic mass is 79.9. The van der Waals surface area contributed by atoms with Gasteiger partial charge in [-0.05, 0) is 22.9 Å². The van der Waals surface area contributed by atoms with Gasteiger partial charge in [-0.25, -0.2) is 14.8 Å². The first kappa shape index (κ1) is 15.3. The Hall–Kier alpha value is -2.07. The van der Waals surface area contributed by atoms with E-state index in [4.69, 9.17) is 5.11 Å². The predicted octanol–water partition coefficient (Wildman–Crippen LogP) is 3.08. The highest BCUT2D eigenvalue weighted by Gasteiger charge is 2.20. The SMILES string of the molecule is CC(Nc1ncc(Br)cc1[N+](=O)[O-])c1nc(C(=O)O)cs1. The summed E-state index contributed by atoms with van der Waals surface area (Å²) in [5.74, 6) is -1.01. The molecule has 21 heavy (non-hydrogen) atoms. The third-order valence-electron chi connectivity index (χ3n) is 2.50. The number of carboxylic acid groups (broad SMARTS) is 1. The second-order valence-corrected chi connectivity index (χ2v) is 5.83. The number of hydrogen-bond donors (Lipinski definition) is 2. The molecular weight excluding hydrogens is 364 g/mol. The maximum Gasteiger partial charge on any atom is 0.355 e. The lowest BCUT2D eigenvalue weighted by atomic mass is 10.3. The summed E-state index contributed by atoms with van der Waals surface area (Å²) in [6.07, 6.45) is 1.44. The van der Waals surface area contributed by atoms with Crippen molar-refractivity contribution in [2.75, 3.05) is 5.32 Å². The van der Waals surface area contributed by atoms with Crippen LogP contribution in [0, 0.1) is 10.1 Å². The largest absolute Gasteiger partial charge is 0.476 e. The Labute approximate surface area is 131 Å². The summed E-state index contributed by atoms with van der Waals surface area (Å²) < 4.78 is 0.495. The van der Waals surface area contributed by atoms with Gasteiger partial charge in [-0.2, -0.15) is 0 Å². The summed E-state index contributed by atoms with van der Waals surface area (Å²) in [6, 6.07) is 0.933. The molecule has 0 saturated heterocycles. The number of carboxylic acids is 1. The third kappa shape index (κ3) is 3.52. The van der Waals surface area contributed by atoms with Gasteiger partial charge in [-0.3, -0.25) is 10.1 Å². The lowest BCUT2D eigenvalue weighted by Crippen LogP contribution is -2.10. The quantitative estimate of drug-likeness (QED) is 0.611. The molecule has 0 saturated carbocycles. The average Bonchev–Trinajstić information content (AvgIpc) is 2.90. The van der Waals surface area contributed by atoms with Gasteiger partial charge in [0.1, 0.15) is 5.01 Å². The molecule has 2 rings (SSSR count). The number of carbonyl (C=O) groups is 1. The second-order valence-electron chi connectivity index (χ2n) is 4.02. The van der Waals surface area contributed by atoms with E-state index in [9.17, 15) is 14.9 Å². The molecule has 0 amide bonds. The van der Waals surface area contributed by atoms with Crippen LogP contribution in [0.3, 0.4) is 0 Å². The second kappa shape index (κ2) is 6.14. The van der Waals surface area contributed by atoms with Gasteiger partial charge in [-0.15, -0.1) is 11.3 Å². The summed E-state index contributed by atoms with van der Waals surface area (Å²) in [5.41, 5.74) is -0.229. The molecule has 0 aromatic carbocycles. The molecule has 0 bridgehead atoms. The van der Waals surface area contributed by atoms with E-state index in [1.165, 1.54) is 17.6 Å². The van der Waals surface area contributed by atoms with Crippen LogP contribution in [0.2, 0.25) is 0 Å². The number of pyridine rings is 1. The molecule has 2 heterocycles. The zero-order valence-electron chi connectivity index (χ0n) is 10.6. The van der Waals surface area contributed by atoms with Crippen molar-refractivity contribution in [3.63, 3.8) is 0 Å². The lowest BCUT2D eigenvalue weighted by molar-refractivity contribution is -0.384. The first-order valence-corrected chi connectivity index (χ1v) is 7.31. The molecular formula is C11H9BrN4O4S. The third-order valence-corrected chi connectivity index (χ3v) is 3.96. The molecule has 110 valence electrons. The van der Waals surface area contributed by atoms with E-state index in [2.05, 4.69) is 31.2 Å². The van der Waals surface area contributed by atoms with E-state index in [1.807, 2.05) is 0 Å². The molecule has 0 aliphatic heterocycles. The number of halogens is 1. The molecule has 10 heteroatoms. The van der Waals surface area contributed by atoms with Crippen LogP contribution in [0.15, 0.2) is 22.1 Å². The molecule has 0 fully saturated rings. The molecule has 2 aromatic heterocycles. The smallest absolute Gasteiger partial charge is 0.355 e. The maximum atomic E-state index is 11.0. The molecule has 0 radical (unpaired) electrons. The first-order valence-electron chi connectivity index (χ1n) is 5.63. The minimum Gasteiger partial charge on any atom is -0.476 e. The summed E-state index contributed by atoms with van der Waals surface area (Å²) in [7, 11) is 0. The summed E-state index contributed by atoms with van der Waals surface area (Å²) >= 11 is 4.29. The molecule has 0 aliphatic rings. The van der Waals surface area contributed by atoms with Crippen molar-refractivity contribution in [2.24, 2.45) is 0 Å². The number of aromatic carboxylic acids is 1. The van der Waals surface area contributed by atoms with Crippen LogP contribution in [0.1, 0.15) is 28.5 Å². The van der Waals surface area contributed by atoms with E-state index in [-0.39, 0.29) is 17.2 Å². The number of nitrogens with zero attached hydrogens (tertiary/aromatic N) is 3. The minimum absolute atomic E-state index is 0.0538. The first-order chi connectivity index (χ1) is 9.88. The Balaban J connectivity index is 2.24. The van der Waals surface area contributed by atoms with Crippen molar-refractivity contribution in [1.82, 2.24) is 9.97 Å². The van der Waals surface area contributed by atoms with Crippen LogP contribution in [0.4, 0.5) is 11.5 Å². The molecule has 0 aliphatic carbocycles. The molecule has 8 nitrogen and oxygen atoms in total. The van der Waals surface area contributed by atoms with E-state index >= 15 is 0 Å². The zero-order valence-corrected chi connectivity index (χ0v) is 13.0. The lowest BCUT2D eigenvalue weighted by Gasteiger charge is -2.11. The van der Waals surface area contributed by atoms with Crippen LogP contribution in [0.5, 0.6) is 0 Å². The highest BCUT2D eigenvalue weighted by molar-refractivity contribution is 9.10. The Morgan fingerprint density at radius 1 is 1.62 bits per heavy atom. The van der Waals surface area contributed by atoms with E-state index in [0.29, 0.717) is 9.48 Å². The summed E-state index contributed by atoms with van der Waals surface area (Å²) in [6.45, 7) is 1.72. The monoisotopic (exact) mass is 372 g/mol. The van der Waals surface area contributed by atoms with Gasteiger partial charge in [0.15, 0.2) is 5.69 Å². The molecule has 1 atom stereocenters. The Kier molecular flexibility index (Phi) is 4.48. The van der Waals surface area contributed by atoms with Crippen LogP contribution < -0.4 is 5.32 Å². The van der Waals surface area contributed by atoms with E-state index in [0.717, 1.165) is 11.3 Å². The molecule has 2 N–H and O–H groups in total. The number of rotatable bonds is 5. The average molecular weight is 373 g/mol. The van der Waals surface area contributed by atoms with E-state index in [1.54, 1.807) is 6.92 Å². The van der Waals surface area contributed by atoms with Gasteiger partial charge in [0.05, 0.1) is 11.0 Å². The van der Waals surface area contributed by atoms with Crippen molar-refractivity contribution in [1.29, 1.82) is 0 Å². The van der Waals surface area contributed by atoms with E-state index < -0.39 is 16.9 Å². The number of nitro groups is 1. The van der Waals surface area contributed by atoms with Gasteiger partial charge in [0, 0.05) is 22.1 Å². The zero-order chi connectivity index (χ0) is 15.6. The number of hydrogen-bond acceptors (Lipinski definition) is 7. The van der Waals surface area contributed by atoms with Crippen molar-refractivity contribution in [2.45, 2.75) is 13.0 Å².